The van der Waals surface area contributed by atoms with Gasteiger partial charge in [0.1, 0.15) is 0 Å². The summed E-state index contributed by atoms with van der Waals surface area (Å²) >= 11 is 0. The Kier molecular flexibility index (Phi) is 5.68. The fourth-order valence-electron chi connectivity index (χ4n) is 4.63. The third-order valence-electron chi connectivity index (χ3n) is 6.22. The molecule has 1 fully saturated rings. The SMILES string of the molecule is CN1C=c2c(COCC3CCC(Cc4ccccc4)CC3)cn(C)c2=CC1. The van der Waals surface area contributed by atoms with Gasteiger partial charge in [-0.25, -0.2) is 0 Å². The van der Waals surface area contributed by atoms with Crippen LogP contribution in [0.4, 0.5) is 0 Å². The van der Waals surface area contributed by atoms with E-state index < -0.39 is 0 Å². The molecule has 1 saturated carbocycles. The average molecular weight is 365 g/mol. The predicted molar refractivity (Wildman–Crippen MR) is 111 cm³/mol. The van der Waals surface area contributed by atoms with Gasteiger partial charge in [0.05, 0.1) is 6.61 Å². The second-order valence-corrected chi connectivity index (χ2v) is 8.43. The summed E-state index contributed by atoms with van der Waals surface area (Å²) in [7, 11) is 4.26. The number of hydrogen-bond acceptors (Lipinski definition) is 2. The highest BCUT2D eigenvalue weighted by Crippen LogP contribution is 2.31. The Bertz CT molecular complexity index is 860. The summed E-state index contributed by atoms with van der Waals surface area (Å²) in [5.74, 6) is 1.58. The van der Waals surface area contributed by atoms with Crippen LogP contribution in [0.1, 0.15) is 36.8 Å². The van der Waals surface area contributed by atoms with Crippen LogP contribution in [0.25, 0.3) is 12.3 Å². The molecule has 2 aromatic rings. The molecule has 1 aliphatic heterocycles. The Labute approximate surface area is 162 Å². The highest BCUT2D eigenvalue weighted by Gasteiger charge is 2.21. The zero-order valence-corrected chi connectivity index (χ0v) is 16.7. The van der Waals surface area contributed by atoms with Crippen LogP contribution in [0.15, 0.2) is 36.5 Å². The van der Waals surface area contributed by atoms with E-state index >= 15 is 0 Å². The molecule has 1 aliphatic carbocycles. The van der Waals surface area contributed by atoms with E-state index in [1.54, 1.807) is 0 Å². The first-order valence-corrected chi connectivity index (χ1v) is 10.4. The molecule has 3 heteroatoms. The van der Waals surface area contributed by atoms with Gasteiger partial charge in [0.25, 0.3) is 0 Å². The highest BCUT2D eigenvalue weighted by molar-refractivity contribution is 5.39. The molecule has 3 nitrogen and oxygen atoms in total. The van der Waals surface area contributed by atoms with Crippen molar-refractivity contribution < 1.29 is 4.74 Å². The Hall–Kier alpha value is -2.00. The highest BCUT2D eigenvalue weighted by atomic mass is 16.5. The number of benzene rings is 1. The van der Waals surface area contributed by atoms with Gasteiger partial charge in [0.15, 0.2) is 0 Å². The fraction of sp³-hybridized carbons (Fsp3) is 0.500. The van der Waals surface area contributed by atoms with Gasteiger partial charge in [-0.05, 0) is 55.6 Å². The lowest BCUT2D eigenvalue weighted by Crippen LogP contribution is -2.37. The van der Waals surface area contributed by atoms with Crippen LogP contribution in [0, 0.1) is 11.8 Å². The topological polar surface area (TPSA) is 17.4 Å². The summed E-state index contributed by atoms with van der Waals surface area (Å²) < 4.78 is 8.39. The zero-order valence-electron chi connectivity index (χ0n) is 16.7. The quantitative estimate of drug-likeness (QED) is 0.784. The summed E-state index contributed by atoms with van der Waals surface area (Å²) in [6.45, 7) is 2.62. The third kappa shape index (κ3) is 4.47. The summed E-state index contributed by atoms with van der Waals surface area (Å²) in [4.78, 5) is 2.24. The number of rotatable bonds is 6. The van der Waals surface area contributed by atoms with E-state index in [0.29, 0.717) is 0 Å². The van der Waals surface area contributed by atoms with E-state index in [9.17, 15) is 0 Å². The number of fused-ring (bicyclic) bond motifs is 1. The first-order valence-electron chi connectivity index (χ1n) is 10.4. The molecule has 1 aromatic heterocycles. The molecule has 0 atom stereocenters. The third-order valence-corrected chi connectivity index (χ3v) is 6.22. The lowest BCUT2D eigenvalue weighted by atomic mass is 9.79. The van der Waals surface area contributed by atoms with Crippen molar-refractivity contribution in [2.75, 3.05) is 20.2 Å². The second-order valence-electron chi connectivity index (χ2n) is 8.43. The molecule has 0 N–H and O–H groups in total. The Morgan fingerprint density at radius 2 is 1.74 bits per heavy atom. The van der Waals surface area contributed by atoms with Gasteiger partial charge in [-0.3, -0.25) is 0 Å². The number of nitrogens with zero attached hydrogens (tertiary/aromatic N) is 2. The molecule has 2 aliphatic rings. The monoisotopic (exact) mass is 364 g/mol. The largest absolute Gasteiger partial charge is 0.376 e. The molecule has 0 unspecified atom stereocenters. The van der Waals surface area contributed by atoms with Crippen molar-refractivity contribution in [3.05, 3.63) is 58.2 Å². The molecule has 2 heterocycles. The van der Waals surface area contributed by atoms with Crippen LogP contribution in [-0.4, -0.2) is 29.7 Å². The first-order chi connectivity index (χ1) is 13.2. The predicted octanol–water partition coefficient (Wildman–Crippen LogP) is 3.05. The van der Waals surface area contributed by atoms with Crippen molar-refractivity contribution in [3.8, 4) is 0 Å². The molecular formula is C24H32N2O. The van der Waals surface area contributed by atoms with Crippen molar-refractivity contribution in [2.45, 2.75) is 38.7 Å². The van der Waals surface area contributed by atoms with Gasteiger partial charge in [-0.2, -0.15) is 0 Å². The smallest absolute Gasteiger partial charge is 0.0738 e. The first kappa shape index (κ1) is 18.4. The normalized spacial score (nSPS) is 22.1. The summed E-state index contributed by atoms with van der Waals surface area (Å²) in [5, 5.41) is 2.66. The zero-order chi connectivity index (χ0) is 18.6. The van der Waals surface area contributed by atoms with Gasteiger partial charge in [0, 0.05) is 55.8 Å². The van der Waals surface area contributed by atoms with Crippen LogP contribution >= 0.6 is 0 Å². The lowest BCUT2D eigenvalue weighted by molar-refractivity contribution is 0.0667. The fourth-order valence-corrected chi connectivity index (χ4v) is 4.63. The maximum Gasteiger partial charge on any atom is 0.0738 e. The maximum atomic E-state index is 6.16. The minimum absolute atomic E-state index is 0.727. The van der Waals surface area contributed by atoms with Crippen molar-refractivity contribution in [1.82, 2.24) is 9.47 Å². The van der Waals surface area contributed by atoms with E-state index in [1.165, 1.54) is 53.8 Å². The Morgan fingerprint density at radius 3 is 2.52 bits per heavy atom. The van der Waals surface area contributed by atoms with Crippen molar-refractivity contribution in [3.63, 3.8) is 0 Å². The lowest BCUT2D eigenvalue weighted by Gasteiger charge is -2.28. The molecule has 0 bridgehead atoms. The van der Waals surface area contributed by atoms with E-state index in [0.717, 1.165) is 31.6 Å². The van der Waals surface area contributed by atoms with E-state index in [2.05, 4.69) is 72.4 Å². The van der Waals surface area contributed by atoms with Gasteiger partial charge < -0.3 is 14.2 Å². The molecule has 144 valence electrons. The van der Waals surface area contributed by atoms with Crippen LogP contribution < -0.4 is 10.6 Å². The summed E-state index contributed by atoms with van der Waals surface area (Å²) in [6.07, 6.45) is 13.3. The molecule has 1 aromatic carbocycles. The minimum atomic E-state index is 0.727. The van der Waals surface area contributed by atoms with Crippen molar-refractivity contribution >= 4 is 12.3 Å². The van der Waals surface area contributed by atoms with Gasteiger partial charge in [0.2, 0.25) is 0 Å². The Morgan fingerprint density at radius 1 is 1.00 bits per heavy atom. The number of hydrogen-bond donors (Lipinski definition) is 0. The van der Waals surface area contributed by atoms with Gasteiger partial charge >= 0.3 is 0 Å². The molecule has 27 heavy (non-hydrogen) atoms. The minimum Gasteiger partial charge on any atom is -0.376 e. The molecule has 0 amide bonds. The van der Waals surface area contributed by atoms with Gasteiger partial charge in [-0.1, -0.05) is 30.3 Å². The number of ether oxygens (including phenoxy) is 1. The summed E-state index contributed by atoms with van der Waals surface area (Å²) in [6, 6.07) is 11.0. The molecular weight excluding hydrogens is 332 g/mol. The van der Waals surface area contributed by atoms with Crippen molar-refractivity contribution in [2.24, 2.45) is 18.9 Å². The van der Waals surface area contributed by atoms with Crippen LogP contribution in [-0.2, 0) is 24.8 Å². The van der Waals surface area contributed by atoms with Gasteiger partial charge in [-0.15, -0.1) is 0 Å². The summed E-state index contributed by atoms with van der Waals surface area (Å²) in [5.41, 5.74) is 2.80. The average Bonchev–Trinajstić information content (AvgIpc) is 2.99. The molecule has 0 saturated heterocycles. The number of aryl methyl sites for hydroxylation is 1. The van der Waals surface area contributed by atoms with Crippen LogP contribution in [0.2, 0.25) is 0 Å². The maximum absolute atomic E-state index is 6.16. The van der Waals surface area contributed by atoms with Crippen molar-refractivity contribution in [1.29, 1.82) is 0 Å². The second kappa shape index (κ2) is 8.35. The van der Waals surface area contributed by atoms with Crippen LogP contribution in [0.3, 0.4) is 0 Å². The molecule has 0 radical (unpaired) electrons. The van der Waals surface area contributed by atoms with Crippen LogP contribution in [0.5, 0.6) is 0 Å². The standard InChI is InChI=1S/C24H32N2O/c1-25-13-12-24-23(16-25)22(15-26(24)2)18-27-17-21-10-8-20(9-11-21)14-19-6-4-3-5-7-19/h3-7,12,15-16,20-21H,8-11,13-14,17-18H2,1-2H3. The Balaban J connectivity index is 1.25. The van der Waals surface area contributed by atoms with E-state index in [1.807, 2.05) is 0 Å². The molecule has 0 spiro atoms. The van der Waals surface area contributed by atoms with E-state index in [-0.39, 0.29) is 0 Å². The number of aromatic nitrogens is 1. The molecule has 4 rings (SSSR count). The van der Waals surface area contributed by atoms with E-state index in [4.69, 9.17) is 4.74 Å².